The van der Waals surface area contributed by atoms with Gasteiger partial charge in [-0.05, 0) is 74.9 Å². The molecule has 0 spiro atoms. The van der Waals surface area contributed by atoms with Crippen LogP contribution < -0.4 is 0 Å². The van der Waals surface area contributed by atoms with Crippen molar-refractivity contribution < 1.29 is 5.11 Å². The summed E-state index contributed by atoms with van der Waals surface area (Å²) in [6.07, 6.45) is 7.42. The molecule has 1 saturated carbocycles. The highest BCUT2D eigenvalue weighted by atomic mass is 16.3. The van der Waals surface area contributed by atoms with E-state index in [0.717, 1.165) is 62.1 Å². The minimum Gasteiger partial charge on any atom is -0.389 e. The van der Waals surface area contributed by atoms with Gasteiger partial charge in [-0.2, -0.15) is 0 Å². The second kappa shape index (κ2) is 8.16. The number of hydrogen-bond acceptors (Lipinski definition) is 3. The largest absolute Gasteiger partial charge is 0.389 e. The van der Waals surface area contributed by atoms with E-state index < -0.39 is 5.60 Å². The monoisotopic (exact) mass is 403 g/mol. The molecule has 4 heteroatoms. The first-order valence-corrected chi connectivity index (χ1v) is 11.6. The maximum Gasteiger partial charge on any atom is 0.107 e. The van der Waals surface area contributed by atoms with Gasteiger partial charge in [0.2, 0.25) is 0 Å². The normalized spacial score (nSPS) is 25.6. The molecule has 4 nitrogen and oxygen atoms in total. The Morgan fingerprint density at radius 3 is 2.73 bits per heavy atom. The average molecular weight is 404 g/mol. The van der Waals surface area contributed by atoms with Gasteiger partial charge in [0.15, 0.2) is 0 Å². The number of nitrogens with zero attached hydrogens (tertiary/aromatic N) is 2. The summed E-state index contributed by atoms with van der Waals surface area (Å²) in [5, 5.41) is 11.7. The fourth-order valence-corrected chi connectivity index (χ4v) is 5.83. The highest BCUT2D eigenvalue weighted by Crippen LogP contribution is 2.53. The standard InChI is InChI=1S/C26H33N3O/c1-29(16-7-14-25-27-23-12-4-5-13-24(23)28-25)17-15-26(30)18-19-8-6-11-22(26)21-10-3-2-9-20(19)21/h2-5,9-10,12-13,19,22,30H,6-8,11,14-18H2,1H3,(H,27,28)/t19-,22-,26+/m0/s1. The molecule has 1 aromatic heterocycles. The molecule has 3 aromatic rings. The molecule has 3 aliphatic rings. The molecule has 2 N–H and O–H groups in total. The van der Waals surface area contributed by atoms with E-state index in [1.165, 1.54) is 24.0 Å². The third kappa shape index (κ3) is 3.79. The number of hydrogen-bond donors (Lipinski definition) is 2. The van der Waals surface area contributed by atoms with Crippen molar-refractivity contribution in [3.8, 4) is 0 Å². The van der Waals surface area contributed by atoms with E-state index in [0.29, 0.717) is 11.8 Å². The van der Waals surface area contributed by atoms with Crippen LogP contribution in [-0.2, 0) is 6.42 Å². The topological polar surface area (TPSA) is 52.2 Å². The molecule has 0 amide bonds. The van der Waals surface area contributed by atoms with Crippen molar-refractivity contribution in [3.63, 3.8) is 0 Å². The molecule has 30 heavy (non-hydrogen) atoms. The van der Waals surface area contributed by atoms with E-state index in [1.807, 2.05) is 12.1 Å². The van der Waals surface area contributed by atoms with Crippen molar-refractivity contribution in [1.29, 1.82) is 0 Å². The Bertz CT molecular complexity index is 979. The van der Waals surface area contributed by atoms with Gasteiger partial charge in [-0.1, -0.05) is 42.8 Å². The average Bonchev–Trinajstić information content (AvgIpc) is 2.98. The Morgan fingerprint density at radius 1 is 1.07 bits per heavy atom. The first-order valence-electron chi connectivity index (χ1n) is 11.6. The maximum atomic E-state index is 11.7. The van der Waals surface area contributed by atoms with Crippen molar-refractivity contribution in [1.82, 2.24) is 14.9 Å². The van der Waals surface area contributed by atoms with Gasteiger partial charge in [0, 0.05) is 18.9 Å². The van der Waals surface area contributed by atoms with Crippen molar-refractivity contribution >= 4 is 11.0 Å². The van der Waals surface area contributed by atoms with E-state index >= 15 is 0 Å². The lowest BCUT2D eigenvalue weighted by atomic mass is 9.67. The Balaban J connectivity index is 1.17. The zero-order chi connectivity index (χ0) is 20.6. The zero-order valence-corrected chi connectivity index (χ0v) is 18.0. The van der Waals surface area contributed by atoms with Crippen LogP contribution in [0.4, 0.5) is 0 Å². The van der Waals surface area contributed by atoms with Gasteiger partial charge in [-0.25, -0.2) is 4.98 Å². The lowest BCUT2D eigenvalue weighted by Gasteiger charge is -2.43. The summed E-state index contributed by atoms with van der Waals surface area (Å²) in [5.74, 6) is 1.90. The summed E-state index contributed by atoms with van der Waals surface area (Å²) >= 11 is 0. The number of rotatable bonds is 7. The van der Waals surface area contributed by atoms with E-state index in [1.54, 1.807) is 0 Å². The molecule has 0 saturated heterocycles. The molecule has 3 atom stereocenters. The molecule has 2 bridgehead atoms. The van der Waals surface area contributed by atoms with Gasteiger partial charge in [-0.15, -0.1) is 0 Å². The number of nitrogens with one attached hydrogen (secondary N) is 1. The van der Waals surface area contributed by atoms with Crippen molar-refractivity contribution in [3.05, 3.63) is 65.5 Å². The van der Waals surface area contributed by atoms with Crippen LogP contribution in [0.2, 0.25) is 0 Å². The number of fused-ring (bicyclic) bond motifs is 4. The van der Waals surface area contributed by atoms with Gasteiger partial charge in [0.1, 0.15) is 5.82 Å². The van der Waals surface area contributed by atoms with Crippen molar-refractivity contribution in [2.24, 2.45) is 0 Å². The summed E-state index contributed by atoms with van der Waals surface area (Å²) in [4.78, 5) is 10.5. The van der Waals surface area contributed by atoms with Crippen molar-refractivity contribution in [2.45, 2.75) is 62.4 Å². The van der Waals surface area contributed by atoms with Crippen LogP contribution in [0.25, 0.3) is 11.0 Å². The molecule has 2 aromatic carbocycles. The highest BCUT2D eigenvalue weighted by molar-refractivity contribution is 5.74. The number of H-pyrrole nitrogens is 1. The second-order valence-electron chi connectivity index (χ2n) is 9.47. The van der Waals surface area contributed by atoms with Crippen LogP contribution in [0.5, 0.6) is 0 Å². The predicted molar refractivity (Wildman–Crippen MR) is 122 cm³/mol. The van der Waals surface area contributed by atoms with E-state index in [4.69, 9.17) is 0 Å². The first-order chi connectivity index (χ1) is 14.6. The number of aromatic nitrogens is 2. The third-order valence-corrected chi connectivity index (χ3v) is 7.42. The van der Waals surface area contributed by atoms with Crippen LogP contribution >= 0.6 is 0 Å². The Morgan fingerprint density at radius 2 is 1.87 bits per heavy atom. The van der Waals surface area contributed by atoms with Crippen LogP contribution in [0, 0.1) is 0 Å². The molecule has 6 rings (SSSR count). The number of aliphatic hydroxyl groups is 1. The van der Waals surface area contributed by atoms with Gasteiger partial charge < -0.3 is 15.0 Å². The number of aromatic amines is 1. The minimum absolute atomic E-state index is 0.302. The SMILES string of the molecule is CN(CCCc1nc2ccccc2[nH]1)CC[C@@]1(O)C[C@@H]2CCC[C@H]1c1ccccc12. The molecule has 1 fully saturated rings. The van der Waals surface area contributed by atoms with Crippen LogP contribution in [-0.4, -0.2) is 45.7 Å². The summed E-state index contributed by atoms with van der Waals surface area (Å²) in [5.41, 5.74) is 4.53. The lowest BCUT2D eigenvalue weighted by molar-refractivity contribution is -0.0194. The lowest BCUT2D eigenvalue weighted by Crippen LogP contribution is -2.43. The van der Waals surface area contributed by atoms with E-state index in [-0.39, 0.29) is 0 Å². The van der Waals surface area contributed by atoms with E-state index in [2.05, 4.69) is 58.3 Å². The molecule has 0 radical (unpaired) electrons. The molecule has 0 unspecified atom stereocenters. The van der Waals surface area contributed by atoms with Crippen LogP contribution in [0.1, 0.15) is 67.3 Å². The van der Waals surface area contributed by atoms with E-state index in [9.17, 15) is 5.11 Å². The van der Waals surface area contributed by atoms with Crippen LogP contribution in [0.3, 0.4) is 0 Å². The number of aryl methyl sites for hydroxylation is 1. The summed E-state index contributed by atoms with van der Waals surface area (Å²) < 4.78 is 0. The zero-order valence-electron chi connectivity index (χ0n) is 18.0. The van der Waals surface area contributed by atoms with Crippen LogP contribution in [0.15, 0.2) is 48.5 Å². The highest BCUT2D eigenvalue weighted by Gasteiger charge is 2.46. The molecular weight excluding hydrogens is 370 g/mol. The Hall–Kier alpha value is -2.17. The fourth-order valence-electron chi connectivity index (χ4n) is 5.83. The molecular formula is C26H33N3O. The number of para-hydroxylation sites is 2. The summed E-state index contributed by atoms with van der Waals surface area (Å²) in [7, 11) is 2.19. The van der Waals surface area contributed by atoms with Crippen molar-refractivity contribution in [2.75, 3.05) is 20.1 Å². The second-order valence-corrected chi connectivity index (χ2v) is 9.47. The summed E-state index contributed by atoms with van der Waals surface area (Å²) in [6, 6.07) is 17.1. The maximum absolute atomic E-state index is 11.7. The minimum atomic E-state index is -0.553. The van der Waals surface area contributed by atoms with Gasteiger partial charge in [-0.3, -0.25) is 0 Å². The number of imidazole rings is 1. The van der Waals surface area contributed by atoms with Gasteiger partial charge in [0.05, 0.1) is 16.6 Å². The fraction of sp³-hybridized carbons (Fsp3) is 0.500. The Labute approximate surface area is 179 Å². The van der Waals surface area contributed by atoms with Gasteiger partial charge >= 0.3 is 0 Å². The molecule has 1 heterocycles. The number of benzene rings is 2. The third-order valence-electron chi connectivity index (χ3n) is 7.42. The predicted octanol–water partition coefficient (Wildman–Crippen LogP) is 5.00. The quantitative estimate of drug-likeness (QED) is 0.583. The molecule has 0 aliphatic heterocycles. The Kier molecular flexibility index (Phi) is 5.38. The van der Waals surface area contributed by atoms with Gasteiger partial charge in [0.25, 0.3) is 0 Å². The summed E-state index contributed by atoms with van der Waals surface area (Å²) in [6.45, 7) is 1.97. The first kappa shape index (κ1) is 19.8. The molecule has 3 aliphatic carbocycles. The smallest absolute Gasteiger partial charge is 0.107 e. The molecule has 158 valence electrons.